The molecule has 8 heteroatoms. The zero-order chi connectivity index (χ0) is 23.2. The van der Waals surface area contributed by atoms with E-state index in [9.17, 15) is 14.4 Å². The lowest BCUT2D eigenvalue weighted by Crippen LogP contribution is -2.53. The number of halogens is 1. The van der Waals surface area contributed by atoms with Crippen molar-refractivity contribution >= 4 is 40.8 Å². The van der Waals surface area contributed by atoms with E-state index in [2.05, 4.69) is 10.6 Å². The SMILES string of the molecule is O=C(CN1C(=O)CN(C(=O)NCc2ccccc2)c2ccccc21)NCc1ccc(Cl)cc1. The molecule has 0 aromatic heterocycles. The Balaban J connectivity index is 1.42. The predicted molar refractivity (Wildman–Crippen MR) is 128 cm³/mol. The summed E-state index contributed by atoms with van der Waals surface area (Å²) in [4.78, 5) is 41.1. The first-order valence-corrected chi connectivity index (χ1v) is 10.9. The normalized spacial score (nSPS) is 12.8. The number of hydrogen-bond acceptors (Lipinski definition) is 3. The van der Waals surface area contributed by atoms with Crippen LogP contribution in [0.5, 0.6) is 0 Å². The van der Waals surface area contributed by atoms with E-state index in [1.165, 1.54) is 9.80 Å². The van der Waals surface area contributed by atoms with Gasteiger partial charge >= 0.3 is 6.03 Å². The molecule has 0 saturated heterocycles. The van der Waals surface area contributed by atoms with Gasteiger partial charge < -0.3 is 10.6 Å². The quantitative estimate of drug-likeness (QED) is 0.585. The summed E-state index contributed by atoms with van der Waals surface area (Å²) in [6.07, 6.45) is 0. The molecule has 0 aliphatic carbocycles. The van der Waals surface area contributed by atoms with Crippen molar-refractivity contribution in [2.45, 2.75) is 13.1 Å². The summed E-state index contributed by atoms with van der Waals surface area (Å²) in [6, 6.07) is 23.4. The Hall–Kier alpha value is -3.84. The number of fused-ring (bicyclic) bond motifs is 1. The van der Waals surface area contributed by atoms with Crippen LogP contribution < -0.4 is 20.4 Å². The Morgan fingerprint density at radius 1 is 0.788 bits per heavy atom. The molecule has 1 aliphatic rings. The van der Waals surface area contributed by atoms with Crippen molar-refractivity contribution in [3.05, 3.63) is 95.0 Å². The standard InChI is InChI=1S/C25H23ClN4O3/c26-20-12-10-19(11-13-20)14-27-23(31)16-29-21-8-4-5-9-22(21)30(17-24(29)32)25(33)28-15-18-6-2-1-3-7-18/h1-13H,14-17H2,(H,27,31)(H,28,33). The molecule has 0 unspecified atom stereocenters. The number of nitrogens with one attached hydrogen (secondary N) is 2. The third-order valence-electron chi connectivity index (χ3n) is 5.29. The zero-order valence-corrected chi connectivity index (χ0v) is 18.6. The molecule has 3 aromatic carbocycles. The Bertz CT molecular complexity index is 1150. The van der Waals surface area contributed by atoms with Gasteiger partial charge in [0, 0.05) is 18.1 Å². The number of carbonyl (C=O) groups excluding carboxylic acids is 3. The average molecular weight is 463 g/mol. The highest BCUT2D eigenvalue weighted by Crippen LogP contribution is 2.33. The molecular weight excluding hydrogens is 440 g/mol. The molecule has 0 bridgehead atoms. The Morgan fingerprint density at radius 2 is 1.39 bits per heavy atom. The first-order chi connectivity index (χ1) is 16.0. The maximum absolute atomic E-state index is 12.9. The molecule has 1 aliphatic heterocycles. The number of urea groups is 1. The molecule has 33 heavy (non-hydrogen) atoms. The first-order valence-electron chi connectivity index (χ1n) is 10.5. The van der Waals surface area contributed by atoms with Gasteiger partial charge in [0.2, 0.25) is 11.8 Å². The molecule has 168 valence electrons. The minimum absolute atomic E-state index is 0.136. The van der Waals surface area contributed by atoms with E-state index in [1.54, 1.807) is 36.4 Å². The number of para-hydroxylation sites is 2. The number of amides is 4. The largest absolute Gasteiger partial charge is 0.350 e. The highest BCUT2D eigenvalue weighted by molar-refractivity contribution is 6.30. The molecular formula is C25H23ClN4O3. The molecule has 7 nitrogen and oxygen atoms in total. The van der Waals surface area contributed by atoms with E-state index in [-0.39, 0.29) is 30.9 Å². The van der Waals surface area contributed by atoms with E-state index in [0.717, 1.165) is 11.1 Å². The minimum Gasteiger partial charge on any atom is -0.350 e. The van der Waals surface area contributed by atoms with Crippen LogP contribution in [0.4, 0.5) is 16.2 Å². The van der Waals surface area contributed by atoms with Crippen LogP contribution in [0.3, 0.4) is 0 Å². The monoisotopic (exact) mass is 462 g/mol. The van der Waals surface area contributed by atoms with E-state index in [1.807, 2.05) is 42.5 Å². The van der Waals surface area contributed by atoms with Crippen LogP contribution in [-0.2, 0) is 22.7 Å². The third-order valence-corrected chi connectivity index (χ3v) is 5.55. The lowest BCUT2D eigenvalue weighted by atomic mass is 10.1. The number of rotatable bonds is 6. The summed E-state index contributed by atoms with van der Waals surface area (Å²) in [7, 11) is 0. The second kappa shape index (κ2) is 10.2. The first kappa shape index (κ1) is 22.4. The van der Waals surface area contributed by atoms with E-state index < -0.39 is 0 Å². The molecule has 0 radical (unpaired) electrons. The highest BCUT2D eigenvalue weighted by Gasteiger charge is 2.33. The molecule has 4 amide bonds. The van der Waals surface area contributed by atoms with Gasteiger partial charge in [-0.05, 0) is 35.4 Å². The van der Waals surface area contributed by atoms with Crippen molar-refractivity contribution in [2.24, 2.45) is 0 Å². The summed E-state index contributed by atoms with van der Waals surface area (Å²) in [5, 5.41) is 6.30. The summed E-state index contributed by atoms with van der Waals surface area (Å²) in [5.74, 6) is -0.625. The van der Waals surface area contributed by atoms with Gasteiger partial charge in [0.1, 0.15) is 13.1 Å². The van der Waals surface area contributed by atoms with Gasteiger partial charge in [-0.3, -0.25) is 19.4 Å². The predicted octanol–water partition coefficient (Wildman–Crippen LogP) is 3.72. The number of hydrogen-bond donors (Lipinski definition) is 2. The van der Waals surface area contributed by atoms with E-state index >= 15 is 0 Å². The van der Waals surface area contributed by atoms with Crippen LogP contribution in [0.2, 0.25) is 5.02 Å². The molecule has 0 saturated carbocycles. The van der Waals surface area contributed by atoms with Crippen molar-refractivity contribution in [1.29, 1.82) is 0 Å². The number of benzene rings is 3. The van der Waals surface area contributed by atoms with Crippen LogP contribution in [-0.4, -0.2) is 30.9 Å². The van der Waals surface area contributed by atoms with Gasteiger partial charge in [-0.2, -0.15) is 0 Å². The smallest absolute Gasteiger partial charge is 0.322 e. The van der Waals surface area contributed by atoms with E-state index in [4.69, 9.17) is 11.6 Å². The van der Waals surface area contributed by atoms with E-state index in [0.29, 0.717) is 29.5 Å². The summed E-state index contributed by atoms with van der Waals surface area (Å²) < 4.78 is 0. The van der Waals surface area contributed by atoms with Gasteiger partial charge in [-0.25, -0.2) is 4.79 Å². The number of carbonyl (C=O) groups is 3. The lowest BCUT2D eigenvalue weighted by Gasteiger charge is -2.35. The Kier molecular flexibility index (Phi) is 6.90. The second-order valence-electron chi connectivity index (χ2n) is 7.60. The van der Waals surface area contributed by atoms with Crippen molar-refractivity contribution in [3.63, 3.8) is 0 Å². The second-order valence-corrected chi connectivity index (χ2v) is 8.04. The minimum atomic E-state index is -0.369. The van der Waals surface area contributed by atoms with Crippen LogP contribution in [0.25, 0.3) is 0 Å². The lowest BCUT2D eigenvalue weighted by molar-refractivity contribution is -0.123. The number of anilines is 2. The topological polar surface area (TPSA) is 81.8 Å². The Labute approximate surface area is 197 Å². The molecule has 3 aromatic rings. The third kappa shape index (κ3) is 5.51. The van der Waals surface area contributed by atoms with Gasteiger partial charge in [0.25, 0.3) is 0 Å². The average Bonchev–Trinajstić information content (AvgIpc) is 2.84. The van der Waals surface area contributed by atoms with Crippen LogP contribution in [0.15, 0.2) is 78.9 Å². The van der Waals surface area contributed by atoms with Crippen LogP contribution in [0.1, 0.15) is 11.1 Å². The molecule has 4 rings (SSSR count). The summed E-state index contributed by atoms with van der Waals surface area (Å²) in [5.41, 5.74) is 2.96. The van der Waals surface area contributed by atoms with Gasteiger partial charge in [-0.1, -0.05) is 66.2 Å². The molecule has 0 atom stereocenters. The number of nitrogens with zero attached hydrogens (tertiary/aromatic N) is 2. The zero-order valence-electron chi connectivity index (χ0n) is 17.8. The van der Waals surface area contributed by atoms with Crippen LogP contribution >= 0.6 is 11.6 Å². The highest BCUT2D eigenvalue weighted by atomic mass is 35.5. The van der Waals surface area contributed by atoms with Gasteiger partial charge in [0.15, 0.2) is 0 Å². The van der Waals surface area contributed by atoms with Crippen molar-refractivity contribution in [2.75, 3.05) is 22.9 Å². The molecule has 0 fully saturated rings. The van der Waals surface area contributed by atoms with Gasteiger partial charge in [0.05, 0.1) is 11.4 Å². The molecule has 2 N–H and O–H groups in total. The maximum Gasteiger partial charge on any atom is 0.322 e. The van der Waals surface area contributed by atoms with Crippen molar-refractivity contribution < 1.29 is 14.4 Å². The summed E-state index contributed by atoms with van der Waals surface area (Å²) in [6.45, 7) is 0.391. The van der Waals surface area contributed by atoms with Crippen molar-refractivity contribution in [1.82, 2.24) is 10.6 Å². The van der Waals surface area contributed by atoms with Crippen molar-refractivity contribution in [3.8, 4) is 0 Å². The fourth-order valence-electron chi connectivity index (χ4n) is 3.59. The van der Waals surface area contributed by atoms with Gasteiger partial charge in [-0.15, -0.1) is 0 Å². The summed E-state index contributed by atoms with van der Waals surface area (Å²) >= 11 is 5.89. The fraction of sp³-hybridized carbons (Fsp3) is 0.160. The van der Waals surface area contributed by atoms with Crippen LogP contribution in [0, 0.1) is 0 Å². The molecule has 0 spiro atoms. The maximum atomic E-state index is 12.9. The molecule has 1 heterocycles. The Morgan fingerprint density at radius 3 is 2.12 bits per heavy atom. The fourth-order valence-corrected chi connectivity index (χ4v) is 3.71.